The summed E-state index contributed by atoms with van der Waals surface area (Å²) < 4.78 is 16.0. The number of carbonyl (C=O) groups is 4. The summed E-state index contributed by atoms with van der Waals surface area (Å²) in [4.78, 5) is 54.8. The monoisotopic (exact) mass is 540 g/mol. The highest BCUT2D eigenvalue weighted by Gasteiger charge is 2.45. The molecule has 0 aromatic rings. The molecule has 3 amide bonds. The molecule has 0 aromatic carbocycles. The SMILES string of the molecule is CCOC(=O)[C@H]1C[C@@H](N=C(NC(=O)OC(C)(C)C)NC(=O)OC(C)(C)C)[C@H](C(NC(C)=O)C(CC)CC)C1. The van der Waals surface area contributed by atoms with E-state index in [0.29, 0.717) is 12.8 Å². The summed E-state index contributed by atoms with van der Waals surface area (Å²) in [6.45, 7) is 17.9. The molecule has 1 aliphatic rings. The van der Waals surface area contributed by atoms with Crippen LogP contribution in [-0.2, 0) is 23.8 Å². The van der Waals surface area contributed by atoms with Crippen LogP contribution in [0.2, 0.25) is 0 Å². The number of esters is 1. The summed E-state index contributed by atoms with van der Waals surface area (Å²) in [5, 5.41) is 8.11. The van der Waals surface area contributed by atoms with E-state index in [0.717, 1.165) is 12.8 Å². The van der Waals surface area contributed by atoms with Crippen LogP contribution < -0.4 is 16.0 Å². The van der Waals surface area contributed by atoms with E-state index in [1.807, 2.05) is 0 Å². The number of hydrogen-bond acceptors (Lipinski definition) is 8. The molecule has 1 rings (SSSR count). The Labute approximate surface area is 227 Å². The maximum atomic E-state index is 12.7. The van der Waals surface area contributed by atoms with Gasteiger partial charge < -0.3 is 19.5 Å². The van der Waals surface area contributed by atoms with Gasteiger partial charge in [0.15, 0.2) is 0 Å². The van der Waals surface area contributed by atoms with Crippen LogP contribution in [0, 0.1) is 17.8 Å². The minimum atomic E-state index is -0.804. The minimum absolute atomic E-state index is 0.142. The Hall–Kier alpha value is -2.85. The maximum Gasteiger partial charge on any atom is 0.414 e. The normalized spacial score (nSPS) is 20.2. The van der Waals surface area contributed by atoms with E-state index in [9.17, 15) is 19.2 Å². The average Bonchev–Trinajstić information content (AvgIpc) is 3.14. The molecule has 3 N–H and O–H groups in total. The maximum absolute atomic E-state index is 12.7. The number of ether oxygens (including phenoxy) is 3. The van der Waals surface area contributed by atoms with Gasteiger partial charge in [0.2, 0.25) is 11.9 Å². The van der Waals surface area contributed by atoms with E-state index in [1.165, 1.54) is 6.92 Å². The topological polar surface area (TPSA) is 144 Å². The molecule has 1 saturated carbocycles. The van der Waals surface area contributed by atoms with Crippen molar-refractivity contribution in [2.45, 2.75) is 118 Å². The van der Waals surface area contributed by atoms with Gasteiger partial charge in [0, 0.05) is 18.9 Å². The molecule has 4 atom stereocenters. The van der Waals surface area contributed by atoms with Crippen molar-refractivity contribution < 1.29 is 33.4 Å². The summed E-state index contributed by atoms with van der Waals surface area (Å²) >= 11 is 0. The fraction of sp³-hybridized carbons (Fsp3) is 0.815. The quantitative estimate of drug-likeness (QED) is 0.180. The zero-order valence-electron chi connectivity index (χ0n) is 24.7. The number of guanidine groups is 1. The molecule has 1 fully saturated rings. The zero-order chi connectivity index (χ0) is 29.3. The van der Waals surface area contributed by atoms with Crippen LogP contribution in [0.25, 0.3) is 0 Å². The van der Waals surface area contributed by atoms with Gasteiger partial charge in [-0.05, 0) is 67.2 Å². The van der Waals surface area contributed by atoms with Crippen molar-refractivity contribution in [3.63, 3.8) is 0 Å². The van der Waals surface area contributed by atoms with E-state index in [2.05, 4.69) is 29.8 Å². The third kappa shape index (κ3) is 11.7. The number of amides is 3. The molecule has 218 valence electrons. The second kappa shape index (κ2) is 14.3. The van der Waals surface area contributed by atoms with Gasteiger partial charge in [0.05, 0.1) is 18.6 Å². The first-order valence-electron chi connectivity index (χ1n) is 13.5. The Balaban J connectivity index is 3.48. The van der Waals surface area contributed by atoms with Crippen LogP contribution in [0.5, 0.6) is 0 Å². The molecule has 1 unspecified atom stereocenters. The predicted octanol–water partition coefficient (Wildman–Crippen LogP) is 4.29. The van der Waals surface area contributed by atoms with Gasteiger partial charge in [-0.25, -0.2) is 14.6 Å². The van der Waals surface area contributed by atoms with Gasteiger partial charge in [0.25, 0.3) is 0 Å². The van der Waals surface area contributed by atoms with E-state index in [4.69, 9.17) is 19.2 Å². The first-order chi connectivity index (χ1) is 17.5. The van der Waals surface area contributed by atoms with Crippen molar-refractivity contribution in [3.8, 4) is 0 Å². The van der Waals surface area contributed by atoms with Gasteiger partial charge in [-0.15, -0.1) is 0 Å². The molecule has 0 heterocycles. The van der Waals surface area contributed by atoms with Gasteiger partial charge in [0.1, 0.15) is 11.2 Å². The smallest absolute Gasteiger partial charge is 0.414 e. The largest absolute Gasteiger partial charge is 0.466 e. The van der Waals surface area contributed by atoms with Crippen LogP contribution in [0.15, 0.2) is 4.99 Å². The molecule has 0 saturated heterocycles. The van der Waals surface area contributed by atoms with Crippen molar-refractivity contribution in [1.29, 1.82) is 0 Å². The van der Waals surface area contributed by atoms with Crippen molar-refractivity contribution >= 4 is 30.0 Å². The second-order valence-electron chi connectivity index (χ2n) is 11.7. The molecule has 38 heavy (non-hydrogen) atoms. The Morgan fingerprint density at radius 3 is 1.76 bits per heavy atom. The number of hydrogen-bond donors (Lipinski definition) is 3. The molecule has 1 aliphatic carbocycles. The molecular weight excluding hydrogens is 492 g/mol. The summed E-state index contributed by atoms with van der Waals surface area (Å²) in [5.74, 6) is -1.20. The highest BCUT2D eigenvalue weighted by atomic mass is 16.6. The number of nitrogens with zero attached hydrogens (tertiary/aromatic N) is 1. The van der Waals surface area contributed by atoms with Crippen molar-refractivity contribution in [2.24, 2.45) is 22.7 Å². The fourth-order valence-electron chi connectivity index (χ4n) is 4.70. The average molecular weight is 541 g/mol. The standard InChI is InChI=1S/C27H48N4O7/c1-11-17(12-2)21(28-16(4)32)19-14-18(22(33)36-13-3)15-20(19)29-23(30-24(34)37-26(5,6)7)31-25(35)38-27(8,9)10/h17-21H,11-15H2,1-10H3,(H,28,32)(H2,29,30,31,34,35)/t18-,19-,20-,21?/m1/s1. The highest BCUT2D eigenvalue weighted by Crippen LogP contribution is 2.39. The lowest BCUT2D eigenvalue weighted by Crippen LogP contribution is -2.49. The Morgan fingerprint density at radius 2 is 1.37 bits per heavy atom. The van der Waals surface area contributed by atoms with Gasteiger partial charge in [-0.3, -0.25) is 20.2 Å². The first kappa shape index (κ1) is 33.2. The van der Waals surface area contributed by atoms with Gasteiger partial charge in [-0.1, -0.05) is 26.7 Å². The lowest BCUT2D eigenvalue weighted by molar-refractivity contribution is -0.147. The van der Waals surface area contributed by atoms with E-state index < -0.39 is 35.3 Å². The van der Waals surface area contributed by atoms with Crippen LogP contribution in [0.3, 0.4) is 0 Å². The Kier molecular flexibility index (Phi) is 12.5. The van der Waals surface area contributed by atoms with Crippen molar-refractivity contribution in [3.05, 3.63) is 0 Å². The molecule has 0 spiro atoms. The lowest BCUT2D eigenvalue weighted by atomic mass is 9.81. The zero-order valence-corrected chi connectivity index (χ0v) is 24.7. The molecule has 0 aromatic heterocycles. The number of nitrogens with one attached hydrogen (secondary N) is 3. The Bertz CT molecular complexity index is 824. The van der Waals surface area contributed by atoms with E-state index in [-0.39, 0.29) is 42.3 Å². The molecule has 0 aliphatic heterocycles. The van der Waals surface area contributed by atoms with Gasteiger partial charge in [-0.2, -0.15) is 0 Å². The van der Waals surface area contributed by atoms with E-state index in [1.54, 1.807) is 48.5 Å². The molecule has 11 nitrogen and oxygen atoms in total. The molecular formula is C27H48N4O7. The number of aliphatic imine (C=N–C) groups is 1. The van der Waals surface area contributed by atoms with Crippen LogP contribution in [0.4, 0.5) is 9.59 Å². The Morgan fingerprint density at radius 1 is 0.868 bits per heavy atom. The van der Waals surface area contributed by atoms with Crippen molar-refractivity contribution in [2.75, 3.05) is 6.61 Å². The number of alkyl carbamates (subject to hydrolysis) is 2. The highest BCUT2D eigenvalue weighted by molar-refractivity contribution is 6.01. The fourth-order valence-corrected chi connectivity index (χ4v) is 4.70. The van der Waals surface area contributed by atoms with Crippen LogP contribution in [-0.4, -0.2) is 59.9 Å². The van der Waals surface area contributed by atoms with Gasteiger partial charge >= 0.3 is 18.2 Å². The molecule has 0 bridgehead atoms. The third-order valence-corrected chi connectivity index (χ3v) is 6.12. The summed E-state index contributed by atoms with van der Waals surface area (Å²) in [5.41, 5.74) is -1.56. The lowest BCUT2D eigenvalue weighted by Gasteiger charge is -2.33. The summed E-state index contributed by atoms with van der Waals surface area (Å²) in [6.07, 6.45) is 0.801. The number of carbonyl (C=O) groups excluding carboxylic acids is 4. The number of rotatable bonds is 8. The van der Waals surface area contributed by atoms with E-state index >= 15 is 0 Å². The third-order valence-electron chi connectivity index (χ3n) is 6.12. The minimum Gasteiger partial charge on any atom is -0.466 e. The summed E-state index contributed by atoms with van der Waals surface area (Å²) in [7, 11) is 0. The second-order valence-corrected chi connectivity index (χ2v) is 11.7. The first-order valence-corrected chi connectivity index (χ1v) is 13.5. The predicted molar refractivity (Wildman–Crippen MR) is 144 cm³/mol. The molecule has 0 radical (unpaired) electrons. The van der Waals surface area contributed by atoms with Crippen LogP contribution >= 0.6 is 0 Å². The molecule has 11 heteroatoms. The van der Waals surface area contributed by atoms with Crippen LogP contribution in [0.1, 0.15) is 94.9 Å². The van der Waals surface area contributed by atoms with Crippen molar-refractivity contribution in [1.82, 2.24) is 16.0 Å². The summed E-state index contributed by atoms with van der Waals surface area (Å²) in [6, 6.07) is -0.776.